The Labute approximate surface area is 213 Å². The number of fused-ring (bicyclic) bond motifs is 1. The molecule has 0 aliphatic carbocycles. The number of aromatic nitrogens is 2. The lowest BCUT2D eigenvalue weighted by Crippen LogP contribution is -2.44. The van der Waals surface area contributed by atoms with Crippen LogP contribution in [0.15, 0.2) is 53.7 Å². The predicted molar refractivity (Wildman–Crippen MR) is 134 cm³/mol. The van der Waals surface area contributed by atoms with Gasteiger partial charge in [-0.05, 0) is 36.6 Å². The lowest BCUT2D eigenvalue weighted by atomic mass is 9.89. The van der Waals surface area contributed by atoms with Gasteiger partial charge in [-0.1, -0.05) is 18.2 Å². The smallest absolute Gasteiger partial charge is 0.263 e. The van der Waals surface area contributed by atoms with Gasteiger partial charge >= 0.3 is 0 Å². The normalized spacial score (nSPS) is 23.0. The van der Waals surface area contributed by atoms with Crippen molar-refractivity contribution < 1.29 is 26.0 Å². The van der Waals surface area contributed by atoms with Crippen LogP contribution in [-0.4, -0.2) is 55.8 Å². The number of anilines is 1. The fourth-order valence-corrected chi connectivity index (χ4v) is 7.72. The first-order valence-electron chi connectivity index (χ1n) is 11.4. The van der Waals surface area contributed by atoms with E-state index < -0.39 is 25.1 Å². The van der Waals surface area contributed by atoms with Crippen molar-refractivity contribution in [3.8, 4) is 5.75 Å². The molecule has 0 radical (unpaired) electrons. The van der Waals surface area contributed by atoms with Crippen LogP contribution in [0.4, 0.5) is 9.52 Å². The van der Waals surface area contributed by atoms with Crippen LogP contribution in [0.5, 0.6) is 5.75 Å². The molecule has 0 spiro atoms. The topological polar surface area (TPSA) is 119 Å². The summed E-state index contributed by atoms with van der Waals surface area (Å²) in [6.07, 6.45) is 4.07. The number of hydrogen-bond donors (Lipinski definition) is 1. The number of hydrogen-bond acceptors (Lipinski definition) is 9. The zero-order valence-electron chi connectivity index (χ0n) is 19.4. The van der Waals surface area contributed by atoms with Gasteiger partial charge in [0, 0.05) is 54.5 Å². The van der Waals surface area contributed by atoms with Crippen LogP contribution >= 0.6 is 11.5 Å². The molecule has 0 unspecified atom stereocenters. The molecule has 1 N–H and O–H groups in total. The summed E-state index contributed by atoms with van der Waals surface area (Å²) in [6.45, 7) is 0.912. The molecule has 2 aliphatic heterocycles. The van der Waals surface area contributed by atoms with Crippen molar-refractivity contribution in [1.29, 1.82) is 0 Å². The minimum Gasteiger partial charge on any atom is -0.493 e. The number of likely N-dealkylation sites (tertiary alicyclic amines) is 1. The number of nitrogens with zero attached hydrogens (tertiary/aromatic N) is 3. The summed E-state index contributed by atoms with van der Waals surface area (Å²) in [5.41, 5.74) is 1.68. The van der Waals surface area contributed by atoms with Crippen LogP contribution < -0.4 is 9.46 Å². The molecule has 36 heavy (non-hydrogen) atoms. The van der Waals surface area contributed by atoms with E-state index in [9.17, 15) is 21.2 Å². The maximum Gasteiger partial charge on any atom is 0.263 e. The summed E-state index contributed by atoms with van der Waals surface area (Å²) in [4.78, 5) is 6.15. The van der Waals surface area contributed by atoms with Gasteiger partial charge in [0.15, 0.2) is 0 Å². The summed E-state index contributed by atoms with van der Waals surface area (Å²) >= 11 is 0.938. The van der Waals surface area contributed by atoms with E-state index in [2.05, 4.69) is 19.0 Å². The SMILES string of the molecule is CS(=O)(=O)[C@H]1CCN([C@@H]2CCOc3cc(S(=O)(=O)Nc4ncns4)ccc32)[C@@H](c2ccc(F)cc2)C1. The number of sulfone groups is 1. The molecular weight excluding hydrogens is 527 g/mol. The lowest BCUT2D eigenvalue weighted by Gasteiger charge is -2.45. The Kier molecular flexibility index (Phi) is 6.74. The number of halogens is 1. The number of sulfonamides is 1. The Balaban J connectivity index is 1.47. The monoisotopic (exact) mass is 552 g/mol. The molecule has 2 aliphatic rings. The molecule has 1 aromatic heterocycles. The highest BCUT2D eigenvalue weighted by Gasteiger charge is 2.40. The van der Waals surface area contributed by atoms with Crippen LogP contribution in [0, 0.1) is 5.82 Å². The van der Waals surface area contributed by atoms with Gasteiger partial charge in [0.2, 0.25) is 5.13 Å². The Hall–Kier alpha value is -2.61. The van der Waals surface area contributed by atoms with Crippen molar-refractivity contribution >= 4 is 36.5 Å². The first kappa shape index (κ1) is 25.1. The summed E-state index contributed by atoms with van der Waals surface area (Å²) in [5.74, 6) is 0.113. The third-order valence-electron chi connectivity index (χ3n) is 6.74. The van der Waals surface area contributed by atoms with Crippen molar-refractivity contribution in [3.05, 3.63) is 65.7 Å². The van der Waals surface area contributed by atoms with Crippen LogP contribution in [0.2, 0.25) is 0 Å². The highest BCUT2D eigenvalue weighted by molar-refractivity contribution is 7.93. The van der Waals surface area contributed by atoms with E-state index in [0.29, 0.717) is 38.2 Å². The van der Waals surface area contributed by atoms with Crippen molar-refractivity contribution in [2.24, 2.45) is 0 Å². The van der Waals surface area contributed by atoms with Gasteiger partial charge in [0.1, 0.15) is 27.7 Å². The molecule has 1 fully saturated rings. The second-order valence-electron chi connectivity index (χ2n) is 8.99. The molecule has 2 aromatic carbocycles. The quantitative estimate of drug-likeness (QED) is 0.493. The van der Waals surface area contributed by atoms with Crippen molar-refractivity contribution in [2.75, 3.05) is 24.1 Å². The van der Waals surface area contributed by atoms with Crippen LogP contribution in [0.1, 0.15) is 42.5 Å². The second kappa shape index (κ2) is 9.69. The first-order valence-corrected chi connectivity index (χ1v) is 15.6. The highest BCUT2D eigenvalue weighted by Crippen LogP contribution is 2.45. The van der Waals surface area contributed by atoms with E-state index in [-0.39, 0.29) is 27.9 Å². The third-order valence-corrected chi connectivity index (χ3v) is 10.4. The zero-order valence-corrected chi connectivity index (χ0v) is 21.8. The predicted octanol–water partition coefficient (Wildman–Crippen LogP) is 3.55. The largest absolute Gasteiger partial charge is 0.493 e. The minimum absolute atomic E-state index is 0.0444. The average Bonchev–Trinajstić information content (AvgIpc) is 3.35. The van der Waals surface area contributed by atoms with Gasteiger partial charge < -0.3 is 4.74 Å². The van der Waals surface area contributed by atoms with E-state index in [4.69, 9.17) is 4.74 Å². The highest BCUT2D eigenvalue weighted by atomic mass is 32.2. The summed E-state index contributed by atoms with van der Waals surface area (Å²) in [7, 11) is -7.12. The van der Waals surface area contributed by atoms with Gasteiger partial charge in [0.25, 0.3) is 10.0 Å². The zero-order chi connectivity index (χ0) is 25.5. The fraction of sp³-hybridized carbons (Fsp3) is 0.391. The molecule has 0 bridgehead atoms. The van der Waals surface area contributed by atoms with Crippen molar-refractivity contribution in [1.82, 2.24) is 14.3 Å². The number of ether oxygens (including phenoxy) is 1. The fourth-order valence-electron chi connectivity index (χ4n) is 4.98. The first-order chi connectivity index (χ1) is 17.1. The molecule has 13 heteroatoms. The van der Waals surface area contributed by atoms with Crippen LogP contribution in [-0.2, 0) is 19.9 Å². The van der Waals surface area contributed by atoms with E-state index in [1.54, 1.807) is 18.2 Å². The van der Waals surface area contributed by atoms with Gasteiger partial charge in [-0.15, -0.1) is 0 Å². The van der Waals surface area contributed by atoms with Crippen LogP contribution in [0.3, 0.4) is 0 Å². The standard InChI is InChI=1S/C23H25FN4O5S3/c1-35(29,30)17-8-10-28(21(12-17)15-2-4-16(24)5-3-15)20-9-11-33-22-13-18(6-7-19(20)22)36(31,32)27-23-25-14-26-34-23/h2-7,13-14,17,20-21H,8-12H2,1H3,(H,25,26,27)/t17-,20+,21+/m0/s1. The van der Waals surface area contributed by atoms with Gasteiger partial charge in [-0.25, -0.2) is 26.2 Å². The molecule has 3 heterocycles. The van der Waals surface area contributed by atoms with E-state index in [1.807, 2.05) is 0 Å². The number of piperidine rings is 1. The maximum absolute atomic E-state index is 13.6. The molecule has 1 saturated heterocycles. The molecule has 3 atom stereocenters. The van der Waals surface area contributed by atoms with Gasteiger partial charge in [-0.2, -0.15) is 4.37 Å². The van der Waals surface area contributed by atoms with Gasteiger partial charge in [-0.3, -0.25) is 9.62 Å². The Morgan fingerprint density at radius 1 is 1.08 bits per heavy atom. The Morgan fingerprint density at radius 2 is 1.86 bits per heavy atom. The maximum atomic E-state index is 13.6. The molecule has 5 rings (SSSR count). The number of rotatable bonds is 6. The second-order valence-corrected chi connectivity index (χ2v) is 13.8. The molecule has 192 valence electrons. The molecule has 0 saturated carbocycles. The molecule has 3 aromatic rings. The summed E-state index contributed by atoms with van der Waals surface area (Å²) in [5, 5.41) is -0.315. The minimum atomic E-state index is -3.88. The lowest BCUT2D eigenvalue weighted by molar-refractivity contribution is 0.0680. The molecular formula is C23H25FN4O5S3. The number of nitrogens with one attached hydrogen (secondary N) is 1. The van der Waals surface area contributed by atoms with E-state index in [0.717, 1.165) is 22.7 Å². The van der Waals surface area contributed by atoms with Crippen molar-refractivity contribution in [3.63, 3.8) is 0 Å². The van der Waals surface area contributed by atoms with Crippen LogP contribution in [0.25, 0.3) is 0 Å². The molecule has 9 nitrogen and oxygen atoms in total. The van der Waals surface area contributed by atoms with Crippen molar-refractivity contribution in [2.45, 2.75) is 41.5 Å². The summed E-state index contributed by atoms with van der Waals surface area (Å²) in [6, 6.07) is 10.6. The number of benzene rings is 2. The average molecular weight is 553 g/mol. The van der Waals surface area contributed by atoms with Gasteiger partial charge in [0.05, 0.1) is 16.8 Å². The van der Waals surface area contributed by atoms with E-state index >= 15 is 0 Å². The Morgan fingerprint density at radius 3 is 2.56 bits per heavy atom. The third kappa shape index (κ3) is 5.10. The summed E-state index contributed by atoms with van der Waals surface area (Å²) < 4.78 is 76.1. The van der Waals surface area contributed by atoms with E-state index in [1.165, 1.54) is 36.8 Å². The molecule has 0 amide bonds. The Bertz CT molecular complexity index is 1450.